The molecule has 1 aliphatic heterocycles. The second kappa shape index (κ2) is 6.21. The lowest BCUT2D eigenvalue weighted by molar-refractivity contribution is -0.117. The number of amides is 1. The SMILES string of the molecule is CCOc1ccc([C@]2(C)CC(C)(C)N(C(C)=O)c3ccccc32)cc1. The Bertz CT molecular complexity index is 779. The van der Waals surface area contributed by atoms with E-state index in [0.29, 0.717) is 6.61 Å². The largest absolute Gasteiger partial charge is 0.494 e. The summed E-state index contributed by atoms with van der Waals surface area (Å²) in [5.41, 5.74) is 3.06. The zero-order chi connectivity index (χ0) is 18.2. The molecule has 0 radical (unpaired) electrons. The number of rotatable bonds is 3. The third-order valence-electron chi connectivity index (χ3n) is 5.25. The van der Waals surface area contributed by atoms with Crippen molar-refractivity contribution < 1.29 is 9.53 Å². The van der Waals surface area contributed by atoms with E-state index in [1.807, 2.05) is 30.0 Å². The highest BCUT2D eigenvalue weighted by Crippen LogP contribution is 2.50. The van der Waals surface area contributed by atoms with E-state index in [2.05, 4.69) is 51.1 Å². The van der Waals surface area contributed by atoms with Gasteiger partial charge < -0.3 is 9.64 Å². The van der Waals surface area contributed by atoms with Crippen LogP contribution in [0.2, 0.25) is 0 Å². The van der Waals surface area contributed by atoms with Crippen LogP contribution in [0, 0.1) is 0 Å². The average molecular weight is 337 g/mol. The Kier molecular flexibility index (Phi) is 4.36. The topological polar surface area (TPSA) is 29.5 Å². The van der Waals surface area contributed by atoms with Crippen molar-refractivity contribution in [1.29, 1.82) is 0 Å². The van der Waals surface area contributed by atoms with Gasteiger partial charge in [-0.1, -0.05) is 37.3 Å². The zero-order valence-electron chi connectivity index (χ0n) is 15.8. The van der Waals surface area contributed by atoms with Gasteiger partial charge in [-0.2, -0.15) is 0 Å². The molecule has 2 aromatic rings. The number of carbonyl (C=O) groups is 1. The van der Waals surface area contributed by atoms with Crippen LogP contribution in [-0.2, 0) is 10.2 Å². The molecule has 3 heteroatoms. The Morgan fingerprint density at radius 1 is 1.08 bits per heavy atom. The van der Waals surface area contributed by atoms with Gasteiger partial charge in [-0.3, -0.25) is 4.79 Å². The lowest BCUT2D eigenvalue weighted by Crippen LogP contribution is -2.55. The van der Waals surface area contributed by atoms with Gasteiger partial charge in [0, 0.05) is 23.6 Å². The number of benzene rings is 2. The summed E-state index contributed by atoms with van der Waals surface area (Å²) in [4.78, 5) is 14.3. The Hall–Kier alpha value is -2.29. The van der Waals surface area contributed by atoms with Crippen LogP contribution in [0.1, 0.15) is 52.2 Å². The molecule has 0 N–H and O–H groups in total. The van der Waals surface area contributed by atoms with Crippen LogP contribution >= 0.6 is 0 Å². The smallest absolute Gasteiger partial charge is 0.224 e. The fourth-order valence-electron chi connectivity index (χ4n) is 4.44. The fraction of sp³-hybridized carbons (Fsp3) is 0.409. The molecule has 2 aromatic carbocycles. The molecular weight excluding hydrogens is 310 g/mol. The van der Waals surface area contributed by atoms with Crippen molar-refractivity contribution in [3.05, 3.63) is 59.7 Å². The van der Waals surface area contributed by atoms with Gasteiger partial charge in [0.15, 0.2) is 0 Å². The van der Waals surface area contributed by atoms with Crippen LogP contribution in [0.5, 0.6) is 5.75 Å². The van der Waals surface area contributed by atoms with Crippen molar-refractivity contribution in [3.8, 4) is 5.75 Å². The molecule has 3 rings (SSSR count). The number of nitrogens with zero attached hydrogens (tertiary/aromatic N) is 1. The van der Waals surface area contributed by atoms with E-state index >= 15 is 0 Å². The first-order valence-corrected chi connectivity index (χ1v) is 8.93. The third-order valence-corrected chi connectivity index (χ3v) is 5.25. The van der Waals surface area contributed by atoms with Gasteiger partial charge in [-0.25, -0.2) is 0 Å². The van der Waals surface area contributed by atoms with E-state index in [9.17, 15) is 4.79 Å². The number of anilines is 1. The van der Waals surface area contributed by atoms with E-state index in [1.165, 1.54) is 11.1 Å². The molecule has 1 atom stereocenters. The molecule has 0 aromatic heterocycles. The van der Waals surface area contributed by atoms with Gasteiger partial charge in [0.25, 0.3) is 0 Å². The molecule has 0 saturated carbocycles. The van der Waals surface area contributed by atoms with Crippen molar-refractivity contribution >= 4 is 11.6 Å². The molecule has 132 valence electrons. The molecular formula is C22H27NO2. The van der Waals surface area contributed by atoms with Crippen molar-refractivity contribution in [3.63, 3.8) is 0 Å². The molecule has 0 saturated heterocycles. The number of hydrogen-bond acceptors (Lipinski definition) is 2. The molecule has 0 unspecified atom stereocenters. The minimum atomic E-state index is -0.256. The number of hydrogen-bond donors (Lipinski definition) is 0. The second-order valence-corrected chi connectivity index (χ2v) is 7.65. The Morgan fingerprint density at radius 2 is 1.72 bits per heavy atom. The summed E-state index contributed by atoms with van der Waals surface area (Å²) < 4.78 is 5.59. The van der Waals surface area contributed by atoms with Crippen molar-refractivity contribution in [2.75, 3.05) is 11.5 Å². The van der Waals surface area contributed by atoms with Crippen LogP contribution in [0.25, 0.3) is 0 Å². The summed E-state index contributed by atoms with van der Waals surface area (Å²) in [6, 6.07) is 16.7. The predicted molar refractivity (Wildman–Crippen MR) is 102 cm³/mol. The predicted octanol–water partition coefficient (Wildman–Crippen LogP) is 4.93. The van der Waals surface area contributed by atoms with Crippen LogP contribution in [0.3, 0.4) is 0 Å². The van der Waals surface area contributed by atoms with Gasteiger partial charge in [0.1, 0.15) is 5.75 Å². The Balaban J connectivity index is 2.15. The molecule has 1 amide bonds. The number of para-hydroxylation sites is 1. The standard InChI is InChI=1S/C22H27NO2/c1-6-25-18-13-11-17(12-14-18)22(5)15-21(3,4)23(16(2)24)20-10-8-7-9-19(20)22/h7-14H,6,15H2,1-5H3/t22-/m0/s1. The Labute approximate surface area is 150 Å². The van der Waals surface area contributed by atoms with E-state index in [0.717, 1.165) is 17.9 Å². The van der Waals surface area contributed by atoms with Crippen LogP contribution in [0.4, 0.5) is 5.69 Å². The quantitative estimate of drug-likeness (QED) is 0.795. The zero-order valence-corrected chi connectivity index (χ0v) is 15.8. The maximum atomic E-state index is 12.4. The second-order valence-electron chi connectivity index (χ2n) is 7.65. The van der Waals surface area contributed by atoms with Crippen molar-refractivity contribution in [2.45, 2.75) is 52.0 Å². The van der Waals surface area contributed by atoms with E-state index in [1.54, 1.807) is 6.92 Å². The number of ether oxygens (including phenoxy) is 1. The first kappa shape index (κ1) is 17.5. The van der Waals surface area contributed by atoms with Crippen molar-refractivity contribution in [1.82, 2.24) is 0 Å². The van der Waals surface area contributed by atoms with E-state index in [-0.39, 0.29) is 16.9 Å². The van der Waals surface area contributed by atoms with Gasteiger partial charge in [-0.15, -0.1) is 0 Å². The van der Waals surface area contributed by atoms with Crippen molar-refractivity contribution in [2.24, 2.45) is 0 Å². The molecule has 0 aliphatic carbocycles. The first-order valence-electron chi connectivity index (χ1n) is 8.93. The summed E-state index contributed by atoms with van der Waals surface area (Å²) in [6.07, 6.45) is 0.866. The van der Waals surface area contributed by atoms with Gasteiger partial charge in [0.05, 0.1) is 6.61 Å². The maximum Gasteiger partial charge on any atom is 0.224 e. The molecule has 1 heterocycles. The van der Waals surface area contributed by atoms with Crippen LogP contribution < -0.4 is 9.64 Å². The number of carbonyl (C=O) groups excluding carboxylic acids is 1. The molecule has 25 heavy (non-hydrogen) atoms. The molecule has 1 aliphatic rings. The normalized spacial score (nSPS) is 21.6. The summed E-state index contributed by atoms with van der Waals surface area (Å²) >= 11 is 0. The van der Waals surface area contributed by atoms with Crippen LogP contribution in [0.15, 0.2) is 48.5 Å². The summed E-state index contributed by atoms with van der Waals surface area (Å²) in [6.45, 7) is 10.9. The summed E-state index contributed by atoms with van der Waals surface area (Å²) in [5.74, 6) is 0.981. The summed E-state index contributed by atoms with van der Waals surface area (Å²) in [7, 11) is 0. The Morgan fingerprint density at radius 3 is 2.32 bits per heavy atom. The lowest BCUT2D eigenvalue weighted by atomic mass is 9.65. The van der Waals surface area contributed by atoms with Gasteiger partial charge >= 0.3 is 0 Å². The highest BCUT2D eigenvalue weighted by atomic mass is 16.5. The van der Waals surface area contributed by atoms with E-state index < -0.39 is 0 Å². The minimum absolute atomic E-state index is 0.0891. The highest BCUT2D eigenvalue weighted by Gasteiger charge is 2.46. The highest BCUT2D eigenvalue weighted by molar-refractivity contribution is 5.95. The molecule has 0 bridgehead atoms. The summed E-state index contributed by atoms with van der Waals surface area (Å²) in [5, 5.41) is 0. The molecule has 3 nitrogen and oxygen atoms in total. The molecule has 0 fully saturated rings. The molecule has 0 spiro atoms. The lowest BCUT2D eigenvalue weighted by Gasteiger charge is -2.51. The van der Waals surface area contributed by atoms with Gasteiger partial charge in [0.2, 0.25) is 5.91 Å². The average Bonchev–Trinajstić information content (AvgIpc) is 2.54. The van der Waals surface area contributed by atoms with E-state index in [4.69, 9.17) is 4.74 Å². The fourth-order valence-corrected chi connectivity index (χ4v) is 4.44. The van der Waals surface area contributed by atoms with Gasteiger partial charge in [-0.05, 0) is 56.5 Å². The first-order chi connectivity index (χ1) is 11.8. The third kappa shape index (κ3) is 2.92. The maximum absolute atomic E-state index is 12.4. The number of fused-ring (bicyclic) bond motifs is 1. The van der Waals surface area contributed by atoms with Crippen LogP contribution in [-0.4, -0.2) is 18.1 Å². The minimum Gasteiger partial charge on any atom is -0.494 e. The monoisotopic (exact) mass is 337 g/mol.